The van der Waals surface area contributed by atoms with Crippen LogP contribution in [0.25, 0.3) is 0 Å². The standard InChI is InChI=1S/C6H11N3O/c7-5-3-8-2-1-6(10)9(8)4-5/h5H,1-4,7H2. The molecule has 56 valence electrons. The molecule has 4 heteroatoms. The molecule has 2 rings (SSSR count). The van der Waals surface area contributed by atoms with Crippen LogP contribution in [-0.4, -0.2) is 41.6 Å². The van der Waals surface area contributed by atoms with Gasteiger partial charge in [-0.3, -0.25) is 9.80 Å². The second kappa shape index (κ2) is 1.93. The molecular weight excluding hydrogens is 130 g/mol. The Hall–Kier alpha value is -0.610. The second-order valence-electron chi connectivity index (χ2n) is 2.90. The molecule has 2 aliphatic rings. The maximum Gasteiger partial charge on any atom is 0.238 e. The number of amides is 1. The van der Waals surface area contributed by atoms with Gasteiger partial charge in [-0.15, -0.1) is 0 Å². The van der Waals surface area contributed by atoms with Crippen LogP contribution < -0.4 is 5.73 Å². The van der Waals surface area contributed by atoms with Crippen molar-refractivity contribution in [1.29, 1.82) is 0 Å². The fourth-order valence-corrected chi connectivity index (χ4v) is 1.59. The van der Waals surface area contributed by atoms with Crippen LogP contribution in [0.4, 0.5) is 0 Å². The van der Waals surface area contributed by atoms with Gasteiger partial charge in [-0.1, -0.05) is 0 Å². The van der Waals surface area contributed by atoms with Crippen molar-refractivity contribution < 1.29 is 4.79 Å². The van der Waals surface area contributed by atoms with Crippen molar-refractivity contribution in [3.05, 3.63) is 0 Å². The maximum absolute atomic E-state index is 11.0. The van der Waals surface area contributed by atoms with Crippen LogP contribution in [0, 0.1) is 0 Å². The summed E-state index contributed by atoms with van der Waals surface area (Å²) in [6.07, 6.45) is 0.673. The highest BCUT2D eigenvalue weighted by Gasteiger charge is 2.36. The zero-order valence-electron chi connectivity index (χ0n) is 5.79. The molecule has 2 fully saturated rings. The van der Waals surface area contributed by atoms with Crippen LogP contribution in [0.1, 0.15) is 6.42 Å². The van der Waals surface area contributed by atoms with Gasteiger partial charge in [0, 0.05) is 25.6 Å². The highest BCUT2D eigenvalue weighted by Crippen LogP contribution is 2.17. The molecule has 0 aliphatic carbocycles. The number of hydrazine groups is 1. The molecular formula is C6H11N3O. The Kier molecular flexibility index (Phi) is 1.18. The predicted molar refractivity (Wildman–Crippen MR) is 35.9 cm³/mol. The van der Waals surface area contributed by atoms with Gasteiger partial charge in [0.2, 0.25) is 5.91 Å². The molecule has 4 nitrogen and oxygen atoms in total. The lowest BCUT2D eigenvalue weighted by molar-refractivity contribution is -0.134. The van der Waals surface area contributed by atoms with Gasteiger partial charge in [0.05, 0.1) is 6.54 Å². The number of hydrogen-bond acceptors (Lipinski definition) is 3. The average Bonchev–Trinajstić information content (AvgIpc) is 2.35. The number of nitrogens with two attached hydrogens (primary N) is 1. The summed E-state index contributed by atoms with van der Waals surface area (Å²) in [5.41, 5.74) is 5.65. The summed E-state index contributed by atoms with van der Waals surface area (Å²) < 4.78 is 0. The summed E-state index contributed by atoms with van der Waals surface area (Å²) in [5.74, 6) is 0.230. The Bertz CT molecular complexity index is 170. The van der Waals surface area contributed by atoms with Gasteiger partial charge in [0.1, 0.15) is 0 Å². The minimum Gasteiger partial charge on any atom is -0.325 e. The first-order valence-corrected chi connectivity index (χ1v) is 3.58. The normalized spacial score (nSPS) is 33.5. The Labute approximate surface area is 59.5 Å². The molecule has 2 aliphatic heterocycles. The number of rotatable bonds is 0. The molecule has 1 amide bonds. The van der Waals surface area contributed by atoms with Crippen LogP contribution in [0.2, 0.25) is 0 Å². The van der Waals surface area contributed by atoms with E-state index in [1.165, 1.54) is 0 Å². The maximum atomic E-state index is 11.0. The summed E-state index contributed by atoms with van der Waals surface area (Å²) in [7, 11) is 0. The van der Waals surface area contributed by atoms with E-state index in [-0.39, 0.29) is 11.9 Å². The molecule has 0 aromatic carbocycles. The molecule has 1 atom stereocenters. The number of carbonyl (C=O) groups is 1. The van der Waals surface area contributed by atoms with Gasteiger partial charge in [0.15, 0.2) is 0 Å². The van der Waals surface area contributed by atoms with Crippen LogP contribution in [0.5, 0.6) is 0 Å². The molecule has 10 heavy (non-hydrogen) atoms. The Balaban J connectivity index is 2.12. The van der Waals surface area contributed by atoms with E-state index in [9.17, 15) is 4.79 Å². The van der Waals surface area contributed by atoms with Crippen molar-refractivity contribution in [2.24, 2.45) is 5.73 Å². The van der Waals surface area contributed by atoms with Gasteiger partial charge < -0.3 is 5.73 Å². The van der Waals surface area contributed by atoms with Gasteiger partial charge in [-0.05, 0) is 0 Å². The molecule has 0 radical (unpaired) electrons. The predicted octanol–water partition coefficient (Wildman–Crippen LogP) is -1.22. The number of hydrogen-bond donors (Lipinski definition) is 1. The lowest BCUT2D eigenvalue weighted by Gasteiger charge is -2.16. The highest BCUT2D eigenvalue weighted by molar-refractivity contribution is 5.78. The van der Waals surface area contributed by atoms with Crippen molar-refractivity contribution in [2.75, 3.05) is 19.6 Å². The Morgan fingerprint density at radius 3 is 3.00 bits per heavy atom. The summed E-state index contributed by atoms with van der Waals surface area (Å²) in [6.45, 7) is 2.44. The first-order valence-electron chi connectivity index (χ1n) is 3.58. The van der Waals surface area contributed by atoms with Gasteiger partial charge in [0.25, 0.3) is 0 Å². The third-order valence-corrected chi connectivity index (χ3v) is 2.07. The summed E-state index contributed by atoms with van der Waals surface area (Å²) in [4.78, 5) is 11.0. The zero-order valence-corrected chi connectivity index (χ0v) is 5.79. The van der Waals surface area contributed by atoms with E-state index in [0.717, 1.165) is 19.6 Å². The molecule has 2 heterocycles. The van der Waals surface area contributed by atoms with Crippen molar-refractivity contribution in [1.82, 2.24) is 10.0 Å². The first kappa shape index (κ1) is 6.12. The van der Waals surface area contributed by atoms with Gasteiger partial charge in [-0.25, -0.2) is 5.01 Å². The third-order valence-electron chi connectivity index (χ3n) is 2.07. The SMILES string of the molecule is NC1CN2CCC(=O)N2C1. The van der Waals surface area contributed by atoms with Gasteiger partial charge >= 0.3 is 0 Å². The second-order valence-corrected chi connectivity index (χ2v) is 2.90. The van der Waals surface area contributed by atoms with E-state index < -0.39 is 0 Å². The number of nitrogens with zero attached hydrogens (tertiary/aromatic N) is 2. The summed E-state index contributed by atoms with van der Waals surface area (Å²) >= 11 is 0. The van der Waals surface area contributed by atoms with E-state index in [1.807, 2.05) is 5.01 Å². The molecule has 0 bridgehead atoms. The molecule has 0 aromatic heterocycles. The van der Waals surface area contributed by atoms with E-state index in [1.54, 1.807) is 5.01 Å². The van der Waals surface area contributed by atoms with Crippen molar-refractivity contribution in [3.63, 3.8) is 0 Å². The van der Waals surface area contributed by atoms with Crippen LogP contribution in [0.15, 0.2) is 0 Å². The minimum atomic E-state index is 0.171. The lowest BCUT2D eigenvalue weighted by Crippen LogP contribution is -2.32. The third kappa shape index (κ3) is 0.726. The highest BCUT2D eigenvalue weighted by atomic mass is 16.2. The minimum absolute atomic E-state index is 0.171. The van der Waals surface area contributed by atoms with E-state index >= 15 is 0 Å². The topological polar surface area (TPSA) is 49.6 Å². The number of carbonyl (C=O) groups excluding carboxylic acids is 1. The van der Waals surface area contributed by atoms with Crippen molar-refractivity contribution in [3.8, 4) is 0 Å². The average molecular weight is 141 g/mol. The van der Waals surface area contributed by atoms with Crippen molar-refractivity contribution >= 4 is 5.91 Å². The van der Waals surface area contributed by atoms with E-state index in [2.05, 4.69) is 0 Å². The fourth-order valence-electron chi connectivity index (χ4n) is 1.59. The summed E-state index contributed by atoms with van der Waals surface area (Å²) in [5, 5.41) is 3.80. The van der Waals surface area contributed by atoms with Gasteiger partial charge in [-0.2, -0.15) is 0 Å². The summed E-state index contributed by atoms with van der Waals surface area (Å²) in [6, 6.07) is 0.171. The van der Waals surface area contributed by atoms with Crippen LogP contribution in [-0.2, 0) is 4.79 Å². The molecule has 2 N–H and O–H groups in total. The van der Waals surface area contributed by atoms with Crippen molar-refractivity contribution in [2.45, 2.75) is 12.5 Å². The first-order chi connectivity index (χ1) is 4.77. The molecule has 2 saturated heterocycles. The fraction of sp³-hybridized carbons (Fsp3) is 0.833. The smallest absolute Gasteiger partial charge is 0.238 e. The largest absolute Gasteiger partial charge is 0.325 e. The van der Waals surface area contributed by atoms with E-state index in [0.29, 0.717) is 6.42 Å². The molecule has 0 saturated carbocycles. The molecule has 1 unspecified atom stereocenters. The quantitative estimate of drug-likeness (QED) is 0.460. The van der Waals surface area contributed by atoms with Crippen LogP contribution in [0.3, 0.4) is 0 Å². The lowest BCUT2D eigenvalue weighted by atomic mass is 10.3. The zero-order chi connectivity index (χ0) is 7.14. The van der Waals surface area contributed by atoms with Crippen LogP contribution >= 0.6 is 0 Å². The monoisotopic (exact) mass is 141 g/mol. The Morgan fingerprint density at radius 2 is 2.30 bits per heavy atom. The molecule has 0 aromatic rings. The Morgan fingerprint density at radius 1 is 1.50 bits per heavy atom. The number of fused-ring (bicyclic) bond motifs is 1. The van der Waals surface area contributed by atoms with E-state index in [4.69, 9.17) is 5.73 Å². The molecule has 0 spiro atoms.